The molecule has 0 N–H and O–H groups in total. The number of carbonyl (C=O) groups excluding carboxylic acids is 1. The fraction of sp³-hybridized carbons (Fsp3) is 0.188. The molecular weight excluding hydrogens is 384 g/mol. The lowest BCUT2D eigenvalue weighted by atomic mass is 10.0. The van der Waals surface area contributed by atoms with Gasteiger partial charge in [-0.05, 0) is 46.6 Å². The van der Waals surface area contributed by atoms with Crippen LogP contribution in [0.2, 0.25) is 0 Å². The fourth-order valence-electron chi connectivity index (χ4n) is 2.02. The summed E-state index contributed by atoms with van der Waals surface area (Å²) in [5.74, 6) is 0.794. The molecule has 0 heterocycles. The van der Waals surface area contributed by atoms with Crippen molar-refractivity contribution >= 4 is 37.6 Å². The van der Waals surface area contributed by atoms with Crippen LogP contribution in [-0.4, -0.2) is 12.9 Å². The monoisotopic (exact) mass is 396 g/mol. The Hall–Kier alpha value is -1.13. The van der Waals surface area contributed by atoms with Gasteiger partial charge in [0.2, 0.25) is 0 Å². The van der Waals surface area contributed by atoms with Gasteiger partial charge in [0.15, 0.2) is 5.78 Å². The summed E-state index contributed by atoms with van der Waals surface area (Å²) >= 11 is 6.90. The van der Waals surface area contributed by atoms with Gasteiger partial charge in [-0.1, -0.05) is 34.1 Å². The number of rotatable bonds is 4. The zero-order valence-electron chi connectivity index (χ0n) is 11.2. The van der Waals surface area contributed by atoms with Crippen LogP contribution in [0.25, 0.3) is 0 Å². The number of benzene rings is 2. The number of aryl methyl sites for hydroxylation is 1. The van der Waals surface area contributed by atoms with Crippen molar-refractivity contribution in [1.29, 1.82) is 0 Å². The number of halogens is 2. The third kappa shape index (κ3) is 3.30. The highest BCUT2D eigenvalue weighted by Crippen LogP contribution is 2.27. The summed E-state index contributed by atoms with van der Waals surface area (Å²) in [5, 5.41) is 0. The molecule has 0 aromatic heterocycles. The smallest absolute Gasteiger partial charge is 0.168 e. The number of methoxy groups -OCH3 is 1. The van der Waals surface area contributed by atoms with E-state index in [0.29, 0.717) is 12.0 Å². The number of hydrogen-bond acceptors (Lipinski definition) is 2. The zero-order valence-corrected chi connectivity index (χ0v) is 14.4. The second-order valence-corrected chi connectivity index (χ2v) is 6.20. The first-order valence-electron chi connectivity index (χ1n) is 6.13. The van der Waals surface area contributed by atoms with E-state index in [0.717, 1.165) is 25.8 Å². The van der Waals surface area contributed by atoms with E-state index in [1.165, 1.54) is 0 Å². The van der Waals surface area contributed by atoms with Gasteiger partial charge in [0.05, 0.1) is 7.11 Å². The third-order valence-corrected chi connectivity index (χ3v) is 4.63. The maximum Gasteiger partial charge on any atom is 0.168 e. The van der Waals surface area contributed by atoms with Crippen molar-refractivity contribution in [2.75, 3.05) is 7.11 Å². The Balaban J connectivity index is 2.32. The van der Waals surface area contributed by atoms with E-state index >= 15 is 0 Å². The molecule has 0 saturated carbocycles. The van der Waals surface area contributed by atoms with Gasteiger partial charge in [-0.25, -0.2) is 0 Å². The minimum Gasteiger partial charge on any atom is -0.496 e. The number of carbonyl (C=O) groups is 1. The number of Topliss-reactive ketones (excluding diaryl/α,β-unsaturated/α-hetero) is 1. The number of ether oxygens (including phenoxy) is 1. The first kappa shape index (κ1) is 15.3. The standard InChI is InChI=1S/C16H14Br2O2/c1-10-4-3-5-13(16(10)18)14(19)9-11-8-12(17)6-7-15(11)20-2/h3-8H,9H2,1-2H3. The molecule has 0 bridgehead atoms. The summed E-state index contributed by atoms with van der Waals surface area (Å²) in [6.45, 7) is 1.97. The quantitative estimate of drug-likeness (QED) is 0.682. The highest BCUT2D eigenvalue weighted by Gasteiger charge is 2.14. The van der Waals surface area contributed by atoms with Gasteiger partial charge >= 0.3 is 0 Å². The van der Waals surface area contributed by atoms with Gasteiger partial charge in [0, 0.05) is 26.5 Å². The maximum absolute atomic E-state index is 12.5. The lowest BCUT2D eigenvalue weighted by Gasteiger charge is -2.10. The molecule has 0 saturated heterocycles. The van der Waals surface area contributed by atoms with E-state index in [2.05, 4.69) is 31.9 Å². The molecule has 0 fully saturated rings. The first-order chi connectivity index (χ1) is 9.52. The number of ketones is 1. The van der Waals surface area contributed by atoms with Crippen molar-refractivity contribution < 1.29 is 9.53 Å². The molecule has 20 heavy (non-hydrogen) atoms. The Bertz CT molecular complexity index is 651. The van der Waals surface area contributed by atoms with Crippen LogP contribution in [-0.2, 0) is 6.42 Å². The number of hydrogen-bond donors (Lipinski definition) is 0. The molecule has 2 rings (SSSR count). The zero-order chi connectivity index (χ0) is 14.7. The molecule has 0 aliphatic rings. The van der Waals surface area contributed by atoms with Crippen molar-refractivity contribution in [2.45, 2.75) is 13.3 Å². The molecule has 0 aliphatic heterocycles. The second-order valence-electron chi connectivity index (χ2n) is 4.49. The summed E-state index contributed by atoms with van der Waals surface area (Å²) in [4.78, 5) is 12.5. The fourth-order valence-corrected chi connectivity index (χ4v) is 2.91. The highest BCUT2D eigenvalue weighted by molar-refractivity contribution is 9.10. The summed E-state index contributed by atoms with van der Waals surface area (Å²) in [6.07, 6.45) is 0.310. The van der Waals surface area contributed by atoms with Crippen molar-refractivity contribution in [1.82, 2.24) is 0 Å². The Labute approximate surface area is 135 Å². The molecule has 2 aromatic carbocycles. The van der Waals surface area contributed by atoms with Crippen LogP contribution in [0.5, 0.6) is 5.75 Å². The van der Waals surface area contributed by atoms with E-state index in [1.807, 2.05) is 43.3 Å². The predicted molar refractivity (Wildman–Crippen MR) is 87.6 cm³/mol. The lowest BCUT2D eigenvalue weighted by Crippen LogP contribution is -2.06. The van der Waals surface area contributed by atoms with Crippen LogP contribution in [0.15, 0.2) is 45.3 Å². The van der Waals surface area contributed by atoms with Crippen LogP contribution < -0.4 is 4.74 Å². The molecule has 104 valence electrons. The third-order valence-electron chi connectivity index (χ3n) is 3.09. The van der Waals surface area contributed by atoms with Crippen molar-refractivity contribution in [3.05, 3.63) is 62.0 Å². The molecule has 0 radical (unpaired) electrons. The van der Waals surface area contributed by atoms with E-state index in [4.69, 9.17) is 4.74 Å². The van der Waals surface area contributed by atoms with Gasteiger partial charge in [-0.3, -0.25) is 4.79 Å². The van der Waals surface area contributed by atoms with Crippen LogP contribution in [0.3, 0.4) is 0 Å². The second kappa shape index (κ2) is 6.55. The summed E-state index contributed by atoms with van der Waals surface area (Å²) in [6, 6.07) is 11.4. The molecule has 4 heteroatoms. The van der Waals surface area contributed by atoms with E-state index in [1.54, 1.807) is 7.11 Å². The molecule has 0 unspecified atom stereocenters. The SMILES string of the molecule is COc1ccc(Br)cc1CC(=O)c1cccc(C)c1Br. The summed E-state index contributed by atoms with van der Waals surface area (Å²) < 4.78 is 7.10. The van der Waals surface area contributed by atoms with E-state index in [9.17, 15) is 4.79 Å². The molecular formula is C16H14Br2O2. The van der Waals surface area contributed by atoms with Crippen molar-refractivity contribution in [2.24, 2.45) is 0 Å². The van der Waals surface area contributed by atoms with E-state index < -0.39 is 0 Å². The van der Waals surface area contributed by atoms with Gasteiger partial charge < -0.3 is 4.74 Å². The Morgan fingerprint density at radius 2 is 1.95 bits per heavy atom. The molecule has 0 amide bonds. The van der Waals surface area contributed by atoms with Crippen LogP contribution >= 0.6 is 31.9 Å². The summed E-state index contributed by atoms with van der Waals surface area (Å²) in [7, 11) is 1.61. The molecule has 2 nitrogen and oxygen atoms in total. The lowest BCUT2D eigenvalue weighted by molar-refractivity contribution is 0.0991. The van der Waals surface area contributed by atoms with Gasteiger partial charge in [-0.15, -0.1) is 0 Å². The Morgan fingerprint density at radius 1 is 1.20 bits per heavy atom. The Morgan fingerprint density at radius 3 is 2.65 bits per heavy atom. The average molecular weight is 398 g/mol. The topological polar surface area (TPSA) is 26.3 Å². The molecule has 0 spiro atoms. The predicted octanol–water partition coefficient (Wildman–Crippen LogP) is 4.95. The average Bonchev–Trinajstić information content (AvgIpc) is 2.42. The van der Waals surface area contributed by atoms with Gasteiger partial charge in [0.1, 0.15) is 5.75 Å². The van der Waals surface area contributed by atoms with Crippen molar-refractivity contribution in [3.8, 4) is 5.75 Å². The van der Waals surface area contributed by atoms with E-state index in [-0.39, 0.29) is 5.78 Å². The van der Waals surface area contributed by atoms with Crippen LogP contribution in [0.1, 0.15) is 21.5 Å². The highest BCUT2D eigenvalue weighted by atomic mass is 79.9. The summed E-state index contributed by atoms with van der Waals surface area (Å²) in [5.41, 5.74) is 2.63. The van der Waals surface area contributed by atoms with Gasteiger partial charge in [0.25, 0.3) is 0 Å². The molecule has 0 aliphatic carbocycles. The van der Waals surface area contributed by atoms with Crippen LogP contribution in [0, 0.1) is 6.92 Å². The van der Waals surface area contributed by atoms with Crippen molar-refractivity contribution in [3.63, 3.8) is 0 Å². The first-order valence-corrected chi connectivity index (χ1v) is 7.72. The normalized spacial score (nSPS) is 10.4. The molecule has 0 atom stereocenters. The maximum atomic E-state index is 12.5. The largest absolute Gasteiger partial charge is 0.496 e. The molecule has 2 aromatic rings. The Kier molecular flexibility index (Phi) is 5.00. The minimum absolute atomic E-state index is 0.0666. The minimum atomic E-state index is 0.0666. The van der Waals surface area contributed by atoms with Crippen LogP contribution in [0.4, 0.5) is 0 Å². The van der Waals surface area contributed by atoms with Gasteiger partial charge in [-0.2, -0.15) is 0 Å².